The Labute approximate surface area is 123 Å². The number of hydrogen-bond donors (Lipinski definition) is 1. The smallest absolute Gasteiger partial charge is 0.256 e. The molecule has 0 radical (unpaired) electrons. The van der Waals surface area contributed by atoms with E-state index in [1.165, 1.54) is 11.3 Å². The normalized spacial score (nSPS) is 18.9. The lowest BCUT2D eigenvalue weighted by Crippen LogP contribution is -2.45. The SMILES string of the molecule is COCC1(C(=O)N=c2sccn2C)CCNCC1.Cl. The average Bonchev–Trinajstić information content (AvgIpc) is 2.76. The van der Waals surface area contributed by atoms with Crippen molar-refractivity contribution in [2.75, 3.05) is 26.8 Å². The summed E-state index contributed by atoms with van der Waals surface area (Å²) in [5.41, 5.74) is -0.447. The number of nitrogens with one attached hydrogen (secondary N) is 1. The molecule has 1 aromatic heterocycles. The zero-order valence-corrected chi connectivity index (χ0v) is 12.9. The summed E-state index contributed by atoms with van der Waals surface area (Å²) in [7, 11) is 3.54. The maximum atomic E-state index is 12.4. The lowest BCUT2D eigenvalue weighted by molar-refractivity contribution is -0.132. The van der Waals surface area contributed by atoms with Gasteiger partial charge in [-0.1, -0.05) is 0 Å². The Morgan fingerprint density at radius 3 is 2.79 bits per heavy atom. The van der Waals surface area contributed by atoms with Crippen LogP contribution in [0.4, 0.5) is 0 Å². The molecule has 0 atom stereocenters. The van der Waals surface area contributed by atoms with E-state index in [4.69, 9.17) is 4.74 Å². The van der Waals surface area contributed by atoms with Gasteiger partial charge in [0.2, 0.25) is 0 Å². The zero-order chi connectivity index (χ0) is 13.0. The first-order chi connectivity index (χ1) is 8.68. The molecule has 108 valence electrons. The summed E-state index contributed by atoms with van der Waals surface area (Å²) in [4.78, 5) is 17.5. The second-order valence-electron chi connectivity index (χ2n) is 4.68. The first kappa shape index (κ1) is 16.4. The van der Waals surface area contributed by atoms with Gasteiger partial charge in [-0.3, -0.25) is 4.79 Å². The Morgan fingerprint density at radius 2 is 2.26 bits per heavy atom. The molecule has 0 unspecified atom stereocenters. The summed E-state index contributed by atoms with van der Waals surface area (Å²) in [6.07, 6.45) is 3.48. The van der Waals surface area contributed by atoms with E-state index < -0.39 is 5.41 Å². The van der Waals surface area contributed by atoms with Gasteiger partial charge in [-0.15, -0.1) is 23.7 Å². The second-order valence-corrected chi connectivity index (χ2v) is 5.55. The number of nitrogens with zero attached hydrogens (tertiary/aromatic N) is 2. The molecule has 0 saturated carbocycles. The summed E-state index contributed by atoms with van der Waals surface area (Å²) in [6.45, 7) is 2.15. The predicted molar refractivity (Wildman–Crippen MR) is 77.5 cm³/mol. The van der Waals surface area contributed by atoms with E-state index in [2.05, 4.69) is 10.3 Å². The molecule has 0 bridgehead atoms. The highest BCUT2D eigenvalue weighted by Crippen LogP contribution is 2.30. The maximum absolute atomic E-state index is 12.4. The number of hydrogen-bond acceptors (Lipinski definition) is 4. The van der Waals surface area contributed by atoms with Gasteiger partial charge in [0.05, 0.1) is 12.0 Å². The van der Waals surface area contributed by atoms with Gasteiger partial charge in [-0.05, 0) is 25.9 Å². The van der Waals surface area contributed by atoms with Crippen molar-refractivity contribution >= 4 is 29.7 Å². The zero-order valence-electron chi connectivity index (χ0n) is 11.2. The molecule has 1 amide bonds. The number of ether oxygens (including phenoxy) is 1. The highest BCUT2D eigenvalue weighted by atomic mass is 35.5. The first-order valence-electron chi connectivity index (χ1n) is 6.07. The van der Waals surface area contributed by atoms with Gasteiger partial charge in [-0.25, -0.2) is 0 Å². The maximum Gasteiger partial charge on any atom is 0.256 e. The Hall–Kier alpha value is -0.690. The summed E-state index contributed by atoms with van der Waals surface area (Å²) in [5.74, 6) is -0.0519. The lowest BCUT2D eigenvalue weighted by Gasteiger charge is -2.33. The topological polar surface area (TPSA) is 55.6 Å². The molecule has 1 aromatic rings. The molecular weight excluding hydrogens is 286 g/mol. The second kappa shape index (κ2) is 7.19. The van der Waals surface area contributed by atoms with Crippen LogP contribution < -0.4 is 10.1 Å². The van der Waals surface area contributed by atoms with Gasteiger partial charge in [0.15, 0.2) is 4.80 Å². The third-order valence-electron chi connectivity index (χ3n) is 3.39. The van der Waals surface area contributed by atoms with Crippen molar-refractivity contribution in [2.45, 2.75) is 12.8 Å². The molecule has 0 spiro atoms. The van der Waals surface area contributed by atoms with E-state index in [1.54, 1.807) is 7.11 Å². The molecule has 1 fully saturated rings. The summed E-state index contributed by atoms with van der Waals surface area (Å²) >= 11 is 1.48. The number of carbonyl (C=O) groups excluding carboxylic acids is 1. The van der Waals surface area contributed by atoms with E-state index >= 15 is 0 Å². The Bertz CT molecular complexity index is 472. The fraction of sp³-hybridized carbons (Fsp3) is 0.667. The first-order valence-corrected chi connectivity index (χ1v) is 6.95. The van der Waals surface area contributed by atoms with Gasteiger partial charge < -0.3 is 14.6 Å². The van der Waals surface area contributed by atoms with Crippen molar-refractivity contribution in [3.63, 3.8) is 0 Å². The van der Waals surface area contributed by atoms with E-state index in [0.717, 1.165) is 30.7 Å². The quantitative estimate of drug-likeness (QED) is 0.905. The molecule has 19 heavy (non-hydrogen) atoms. The van der Waals surface area contributed by atoms with Crippen molar-refractivity contribution in [2.24, 2.45) is 17.5 Å². The average molecular weight is 306 g/mol. The summed E-state index contributed by atoms with van der Waals surface area (Å²) in [5, 5.41) is 5.20. The van der Waals surface area contributed by atoms with Crippen LogP contribution >= 0.6 is 23.7 Å². The van der Waals surface area contributed by atoms with E-state index in [0.29, 0.717) is 6.61 Å². The fourth-order valence-corrected chi connectivity index (χ4v) is 2.97. The third-order valence-corrected chi connectivity index (χ3v) is 4.24. The van der Waals surface area contributed by atoms with Gasteiger partial charge in [0.25, 0.3) is 5.91 Å². The minimum Gasteiger partial charge on any atom is -0.384 e. The highest BCUT2D eigenvalue weighted by Gasteiger charge is 2.39. The van der Waals surface area contributed by atoms with Crippen molar-refractivity contribution in [1.29, 1.82) is 0 Å². The van der Waals surface area contributed by atoms with Crippen molar-refractivity contribution < 1.29 is 9.53 Å². The van der Waals surface area contributed by atoms with E-state index in [1.807, 2.05) is 23.2 Å². The molecule has 1 saturated heterocycles. The number of halogens is 1. The molecule has 7 heteroatoms. The molecule has 1 aliphatic rings. The lowest BCUT2D eigenvalue weighted by atomic mass is 9.79. The number of methoxy groups -OCH3 is 1. The van der Waals surface area contributed by atoms with Gasteiger partial charge in [0.1, 0.15) is 0 Å². The van der Waals surface area contributed by atoms with Crippen LogP contribution in [-0.4, -0.2) is 37.3 Å². The van der Waals surface area contributed by atoms with Crippen molar-refractivity contribution in [3.05, 3.63) is 16.4 Å². The van der Waals surface area contributed by atoms with Crippen LogP contribution in [0.3, 0.4) is 0 Å². The van der Waals surface area contributed by atoms with Crippen LogP contribution in [0.2, 0.25) is 0 Å². The van der Waals surface area contributed by atoms with Crippen LogP contribution in [-0.2, 0) is 16.6 Å². The number of amides is 1. The third kappa shape index (κ3) is 3.66. The van der Waals surface area contributed by atoms with E-state index in [9.17, 15) is 4.79 Å². The van der Waals surface area contributed by atoms with Gasteiger partial charge >= 0.3 is 0 Å². The number of carbonyl (C=O) groups is 1. The van der Waals surface area contributed by atoms with Gasteiger partial charge in [0, 0.05) is 25.7 Å². The minimum atomic E-state index is -0.447. The van der Waals surface area contributed by atoms with Gasteiger partial charge in [-0.2, -0.15) is 4.99 Å². The highest BCUT2D eigenvalue weighted by molar-refractivity contribution is 7.07. The Morgan fingerprint density at radius 1 is 1.58 bits per heavy atom. The number of rotatable bonds is 3. The Balaban J connectivity index is 0.00000180. The molecule has 2 rings (SSSR count). The summed E-state index contributed by atoms with van der Waals surface area (Å²) < 4.78 is 7.11. The minimum absolute atomic E-state index is 0. The molecule has 1 aliphatic heterocycles. The van der Waals surface area contributed by atoms with Crippen LogP contribution in [0, 0.1) is 5.41 Å². The number of aromatic nitrogens is 1. The largest absolute Gasteiger partial charge is 0.384 e. The molecular formula is C12H20ClN3O2S. The summed E-state index contributed by atoms with van der Waals surface area (Å²) in [6, 6.07) is 0. The molecule has 0 aromatic carbocycles. The molecule has 0 aliphatic carbocycles. The number of piperidine rings is 1. The van der Waals surface area contributed by atoms with Crippen molar-refractivity contribution in [3.8, 4) is 0 Å². The fourth-order valence-electron chi connectivity index (χ4n) is 2.24. The molecule has 2 heterocycles. The Kier molecular flexibility index (Phi) is 6.19. The van der Waals surface area contributed by atoms with Crippen molar-refractivity contribution in [1.82, 2.24) is 9.88 Å². The van der Waals surface area contributed by atoms with Crippen LogP contribution in [0.15, 0.2) is 16.6 Å². The number of thiazole rings is 1. The predicted octanol–water partition coefficient (Wildman–Crippen LogP) is 0.952. The van der Waals surface area contributed by atoms with Crippen LogP contribution in [0.25, 0.3) is 0 Å². The van der Waals surface area contributed by atoms with Crippen LogP contribution in [0.1, 0.15) is 12.8 Å². The molecule has 5 nitrogen and oxygen atoms in total. The molecule has 1 N–H and O–H groups in total. The standard InChI is InChI=1S/C12H19N3O2S.ClH/c1-15-7-8-18-11(15)14-10(16)12(9-17-2)3-5-13-6-4-12;/h7-8,13H,3-6,9H2,1-2H3;1H. The van der Waals surface area contributed by atoms with E-state index in [-0.39, 0.29) is 18.3 Å². The van der Waals surface area contributed by atoms with Crippen LogP contribution in [0.5, 0.6) is 0 Å². The monoisotopic (exact) mass is 305 g/mol. The number of aryl methyl sites for hydroxylation is 1.